The second kappa shape index (κ2) is 4.45. The number of fused-ring (bicyclic) bond motifs is 1. The maximum atomic E-state index is 11.6. The molecule has 0 unspecified atom stereocenters. The van der Waals surface area contributed by atoms with E-state index in [0.29, 0.717) is 18.8 Å². The van der Waals surface area contributed by atoms with E-state index in [2.05, 4.69) is 0 Å². The van der Waals surface area contributed by atoms with Crippen molar-refractivity contribution in [2.75, 3.05) is 13.2 Å². The number of likely N-dealkylation sites (N-methyl/N-ethyl adjacent to an activating group) is 1. The zero-order valence-corrected chi connectivity index (χ0v) is 9.47. The molecular weight excluding hydrogens is 222 g/mol. The van der Waals surface area contributed by atoms with Gasteiger partial charge in [-0.3, -0.25) is 4.79 Å². The second-order valence-corrected chi connectivity index (χ2v) is 3.82. The van der Waals surface area contributed by atoms with E-state index in [1.807, 2.05) is 6.92 Å². The Kier molecular flexibility index (Phi) is 2.99. The molecule has 0 saturated heterocycles. The molecule has 1 amide bonds. The van der Waals surface area contributed by atoms with Crippen molar-refractivity contribution in [1.29, 1.82) is 0 Å². The molecule has 1 heterocycles. The highest BCUT2D eigenvalue weighted by atomic mass is 16.5. The largest absolute Gasteiger partial charge is 0.483 e. The number of amides is 1. The molecule has 0 spiro atoms. The molecule has 1 N–H and O–H groups in total. The van der Waals surface area contributed by atoms with Gasteiger partial charge in [-0.2, -0.15) is 0 Å². The van der Waals surface area contributed by atoms with Gasteiger partial charge < -0.3 is 14.7 Å². The number of carbonyl (C=O) groups excluding carboxylic acids is 1. The number of benzene rings is 1. The Bertz CT molecular complexity index is 470. The third kappa shape index (κ3) is 2.22. The molecule has 0 radical (unpaired) electrons. The van der Waals surface area contributed by atoms with Gasteiger partial charge in [0.15, 0.2) is 6.61 Å². The molecule has 0 fully saturated rings. The van der Waals surface area contributed by atoms with Crippen molar-refractivity contribution >= 4 is 11.9 Å². The summed E-state index contributed by atoms with van der Waals surface area (Å²) in [5.74, 6) is -0.480. The van der Waals surface area contributed by atoms with Gasteiger partial charge in [-0.1, -0.05) is 0 Å². The Morgan fingerprint density at radius 3 is 2.94 bits per heavy atom. The van der Waals surface area contributed by atoms with E-state index < -0.39 is 5.97 Å². The lowest BCUT2D eigenvalue weighted by atomic mass is 10.1. The van der Waals surface area contributed by atoms with Crippen LogP contribution in [0.4, 0.5) is 0 Å². The quantitative estimate of drug-likeness (QED) is 0.834. The fraction of sp³-hybridized carbons (Fsp3) is 0.333. The molecule has 1 aliphatic heterocycles. The van der Waals surface area contributed by atoms with Crippen LogP contribution in [-0.2, 0) is 11.3 Å². The number of ether oxygens (including phenoxy) is 1. The van der Waals surface area contributed by atoms with Crippen LogP contribution < -0.4 is 4.74 Å². The molecule has 5 heteroatoms. The summed E-state index contributed by atoms with van der Waals surface area (Å²) in [6.45, 7) is 2.86. The fourth-order valence-corrected chi connectivity index (χ4v) is 1.79. The van der Waals surface area contributed by atoms with Crippen LogP contribution in [0.3, 0.4) is 0 Å². The van der Waals surface area contributed by atoms with E-state index in [1.165, 1.54) is 6.07 Å². The molecule has 90 valence electrons. The molecular formula is C12H13NO4. The van der Waals surface area contributed by atoms with Gasteiger partial charge in [-0.05, 0) is 25.1 Å². The molecule has 0 aliphatic carbocycles. The summed E-state index contributed by atoms with van der Waals surface area (Å²) in [5.41, 5.74) is 0.940. The molecule has 2 rings (SSSR count). The number of carboxylic acid groups (broad SMARTS) is 1. The number of hydrogen-bond acceptors (Lipinski definition) is 3. The normalized spacial score (nSPS) is 14.9. The number of hydrogen-bond donors (Lipinski definition) is 1. The molecule has 1 aromatic rings. The van der Waals surface area contributed by atoms with Crippen LogP contribution in [0.25, 0.3) is 0 Å². The van der Waals surface area contributed by atoms with Gasteiger partial charge in [-0.15, -0.1) is 0 Å². The zero-order valence-electron chi connectivity index (χ0n) is 9.47. The molecule has 0 bridgehead atoms. The van der Waals surface area contributed by atoms with Gasteiger partial charge in [0.05, 0.1) is 5.56 Å². The van der Waals surface area contributed by atoms with Crippen LogP contribution in [0, 0.1) is 0 Å². The minimum atomic E-state index is -0.980. The van der Waals surface area contributed by atoms with Gasteiger partial charge in [0.2, 0.25) is 0 Å². The van der Waals surface area contributed by atoms with Crippen molar-refractivity contribution in [3.8, 4) is 5.75 Å². The monoisotopic (exact) mass is 235 g/mol. The van der Waals surface area contributed by atoms with Crippen molar-refractivity contribution < 1.29 is 19.4 Å². The van der Waals surface area contributed by atoms with E-state index in [4.69, 9.17) is 9.84 Å². The van der Waals surface area contributed by atoms with E-state index in [9.17, 15) is 9.59 Å². The summed E-state index contributed by atoms with van der Waals surface area (Å²) in [5, 5.41) is 8.91. The molecule has 0 aromatic heterocycles. The first kappa shape index (κ1) is 11.4. The minimum Gasteiger partial charge on any atom is -0.483 e. The number of carboxylic acids is 1. The highest BCUT2D eigenvalue weighted by molar-refractivity contribution is 5.88. The first-order valence-corrected chi connectivity index (χ1v) is 5.38. The Hall–Kier alpha value is -2.04. The van der Waals surface area contributed by atoms with Crippen LogP contribution >= 0.6 is 0 Å². The molecule has 5 nitrogen and oxygen atoms in total. The van der Waals surface area contributed by atoms with Gasteiger partial charge in [0.1, 0.15) is 5.75 Å². The lowest BCUT2D eigenvalue weighted by Gasteiger charge is -2.17. The first-order valence-electron chi connectivity index (χ1n) is 5.38. The third-order valence-electron chi connectivity index (χ3n) is 2.75. The van der Waals surface area contributed by atoms with Crippen LogP contribution in [0.1, 0.15) is 22.8 Å². The van der Waals surface area contributed by atoms with Crippen molar-refractivity contribution in [2.45, 2.75) is 13.5 Å². The summed E-state index contributed by atoms with van der Waals surface area (Å²) in [6.07, 6.45) is 0. The maximum Gasteiger partial charge on any atom is 0.335 e. The van der Waals surface area contributed by atoms with Gasteiger partial charge in [0, 0.05) is 18.7 Å². The maximum absolute atomic E-state index is 11.6. The Morgan fingerprint density at radius 1 is 1.53 bits per heavy atom. The summed E-state index contributed by atoms with van der Waals surface area (Å²) in [7, 11) is 0. The molecule has 0 atom stereocenters. The van der Waals surface area contributed by atoms with E-state index >= 15 is 0 Å². The predicted octanol–water partition coefficient (Wildman–Crippen LogP) is 1.13. The van der Waals surface area contributed by atoms with Gasteiger partial charge >= 0.3 is 5.97 Å². The van der Waals surface area contributed by atoms with Crippen molar-refractivity contribution in [3.05, 3.63) is 29.3 Å². The standard InChI is InChI=1S/C12H13NO4/c1-2-13-6-9-5-8(12(15)16)3-4-10(9)17-7-11(13)14/h3-5H,2,6-7H2,1H3,(H,15,16). The highest BCUT2D eigenvalue weighted by Gasteiger charge is 2.21. The summed E-state index contributed by atoms with van der Waals surface area (Å²) in [4.78, 5) is 24.1. The average Bonchev–Trinajstić information content (AvgIpc) is 2.48. The lowest BCUT2D eigenvalue weighted by molar-refractivity contribution is -0.133. The smallest absolute Gasteiger partial charge is 0.335 e. The Morgan fingerprint density at radius 2 is 2.29 bits per heavy atom. The molecule has 1 aromatic carbocycles. The second-order valence-electron chi connectivity index (χ2n) is 3.82. The SMILES string of the molecule is CCN1Cc2cc(C(=O)O)ccc2OCC1=O. The first-order chi connectivity index (χ1) is 8.11. The lowest BCUT2D eigenvalue weighted by Crippen LogP contribution is -2.31. The van der Waals surface area contributed by atoms with Crippen LogP contribution in [-0.4, -0.2) is 35.0 Å². The van der Waals surface area contributed by atoms with Gasteiger partial charge in [0.25, 0.3) is 5.91 Å². The van der Waals surface area contributed by atoms with E-state index in [0.717, 1.165) is 5.56 Å². The number of rotatable bonds is 2. The topological polar surface area (TPSA) is 66.8 Å². The number of carbonyl (C=O) groups is 2. The van der Waals surface area contributed by atoms with Crippen molar-refractivity contribution in [2.24, 2.45) is 0 Å². The van der Waals surface area contributed by atoms with Crippen molar-refractivity contribution in [1.82, 2.24) is 4.90 Å². The number of aromatic carboxylic acids is 1. The Labute approximate surface area is 98.6 Å². The summed E-state index contributed by atoms with van der Waals surface area (Å²) >= 11 is 0. The van der Waals surface area contributed by atoms with E-state index in [1.54, 1.807) is 17.0 Å². The summed E-state index contributed by atoms with van der Waals surface area (Å²) < 4.78 is 5.34. The molecule has 1 aliphatic rings. The predicted molar refractivity (Wildman–Crippen MR) is 60.0 cm³/mol. The van der Waals surface area contributed by atoms with Gasteiger partial charge in [-0.25, -0.2) is 4.79 Å². The number of nitrogens with zero attached hydrogens (tertiary/aromatic N) is 1. The Balaban J connectivity index is 2.37. The third-order valence-corrected chi connectivity index (χ3v) is 2.75. The molecule has 0 saturated carbocycles. The van der Waals surface area contributed by atoms with E-state index in [-0.39, 0.29) is 18.1 Å². The highest BCUT2D eigenvalue weighted by Crippen LogP contribution is 2.24. The fourth-order valence-electron chi connectivity index (χ4n) is 1.79. The minimum absolute atomic E-state index is 0.00720. The average molecular weight is 235 g/mol. The van der Waals surface area contributed by atoms with Crippen LogP contribution in [0.15, 0.2) is 18.2 Å². The summed E-state index contributed by atoms with van der Waals surface area (Å²) in [6, 6.07) is 4.64. The molecule has 17 heavy (non-hydrogen) atoms. The van der Waals surface area contributed by atoms with Crippen molar-refractivity contribution in [3.63, 3.8) is 0 Å². The zero-order chi connectivity index (χ0) is 12.4. The van der Waals surface area contributed by atoms with Crippen LogP contribution in [0.5, 0.6) is 5.75 Å². The van der Waals surface area contributed by atoms with Crippen LogP contribution in [0.2, 0.25) is 0 Å².